The molecule has 0 radical (unpaired) electrons. The van der Waals surface area contributed by atoms with Crippen LogP contribution in [-0.2, 0) is 14.3 Å². The summed E-state index contributed by atoms with van der Waals surface area (Å²) >= 11 is 0. The Kier molecular flexibility index (Phi) is 6.43. The van der Waals surface area contributed by atoms with Crippen LogP contribution in [0.15, 0.2) is 0 Å². The van der Waals surface area contributed by atoms with Gasteiger partial charge in [-0.15, -0.1) is 0 Å². The van der Waals surface area contributed by atoms with Crippen molar-refractivity contribution in [2.75, 3.05) is 26.4 Å². The predicted octanol–water partition coefficient (Wildman–Crippen LogP) is 1.97. The van der Waals surface area contributed by atoms with Crippen molar-refractivity contribution >= 4 is 17.9 Å². The maximum Gasteiger partial charge on any atom is 0.326 e. The molecule has 142 valence electrons. The van der Waals surface area contributed by atoms with Gasteiger partial charge in [-0.1, -0.05) is 33.6 Å². The van der Waals surface area contributed by atoms with Crippen molar-refractivity contribution in [3.05, 3.63) is 0 Å². The van der Waals surface area contributed by atoms with Crippen molar-refractivity contribution in [2.45, 2.75) is 58.9 Å². The Morgan fingerprint density at radius 2 is 2.12 bits per heavy atom. The highest BCUT2D eigenvalue weighted by atomic mass is 16.5. The molecule has 2 aliphatic rings. The summed E-state index contributed by atoms with van der Waals surface area (Å²) in [5.41, 5.74) is -0.761. The van der Waals surface area contributed by atoms with Crippen LogP contribution in [0.25, 0.3) is 0 Å². The van der Waals surface area contributed by atoms with Crippen LogP contribution < -0.4 is 5.32 Å². The van der Waals surface area contributed by atoms with Crippen LogP contribution >= 0.6 is 0 Å². The quantitative estimate of drug-likeness (QED) is 0.559. The normalized spacial score (nSPS) is 26.6. The van der Waals surface area contributed by atoms with E-state index in [-0.39, 0.29) is 37.0 Å². The molecule has 1 saturated carbocycles. The van der Waals surface area contributed by atoms with Gasteiger partial charge in [0.15, 0.2) is 0 Å². The molecule has 1 spiro atoms. The van der Waals surface area contributed by atoms with Crippen LogP contribution in [-0.4, -0.2) is 59.6 Å². The zero-order chi connectivity index (χ0) is 18.6. The minimum absolute atomic E-state index is 0.0750. The molecule has 1 saturated heterocycles. The van der Waals surface area contributed by atoms with Crippen molar-refractivity contribution in [3.63, 3.8) is 0 Å². The highest BCUT2D eigenvalue weighted by molar-refractivity contribution is 6.07. The third-order valence-electron chi connectivity index (χ3n) is 5.12. The number of nitrogens with zero attached hydrogens (tertiary/aromatic N) is 2. The molecule has 0 aromatic carbocycles. The lowest BCUT2D eigenvalue weighted by Gasteiger charge is -2.37. The lowest BCUT2D eigenvalue weighted by Crippen LogP contribution is -2.54. The second kappa shape index (κ2) is 8.17. The molecule has 1 heterocycles. The molecular weight excluding hydrogens is 322 g/mol. The van der Waals surface area contributed by atoms with Crippen molar-refractivity contribution in [1.29, 1.82) is 0 Å². The molecular formula is C18H31N3O4. The van der Waals surface area contributed by atoms with Gasteiger partial charge >= 0.3 is 12.0 Å². The van der Waals surface area contributed by atoms with E-state index >= 15 is 0 Å². The van der Waals surface area contributed by atoms with Gasteiger partial charge < -0.3 is 10.1 Å². The van der Waals surface area contributed by atoms with Crippen molar-refractivity contribution in [2.24, 2.45) is 11.8 Å². The summed E-state index contributed by atoms with van der Waals surface area (Å²) in [6.45, 7) is 8.99. The molecule has 3 amide bonds. The molecule has 0 unspecified atom stereocenters. The van der Waals surface area contributed by atoms with Crippen LogP contribution in [0, 0.1) is 11.8 Å². The average molecular weight is 353 g/mol. The summed E-state index contributed by atoms with van der Waals surface area (Å²) in [6.07, 6.45) is 3.67. The lowest BCUT2D eigenvalue weighted by molar-refractivity contribution is -0.146. The Bertz CT molecular complexity index is 522. The Labute approximate surface area is 150 Å². The maximum absolute atomic E-state index is 13.0. The summed E-state index contributed by atoms with van der Waals surface area (Å²) in [5, 5.41) is 2.95. The van der Waals surface area contributed by atoms with E-state index in [4.69, 9.17) is 4.74 Å². The monoisotopic (exact) mass is 353 g/mol. The molecule has 0 aromatic rings. The molecule has 0 aromatic heterocycles. The second-order valence-corrected chi connectivity index (χ2v) is 7.63. The topological polar surface area (TPSA) is 79.0 Å². The standard InChI is InChI=1S/C18H31N3O4/c1-5-25-15(22)11-20(10-13(2)3)12-21-16(23)18(19-17(21)24)9-7-6-8-14(18)4/h13-14H,5-12H2,1-4H3,(H,19,24)/t14-,18+/m0/s1. The Balaban J connectivity index is 2.10. The minimum Gasteiger partial charge on any atom is -0.465 e. The van der Waals surface area contributed by atoms with E-state index in [0.29, 0.717) is 25.5 Å². The van der Waals surface area contributed by atoms with E-state index in [1.54, 1.807) is 6.92 Å². The third kappa shape index (κ3) is 4.32. The van der Waals surface area contributed by atoms with Gasteiger partial charge in [-0.25, -0.2) is 9.69 Å². The van der Waals surface area contributed by atoms with Gasteiger partial charge in [-0.3, -0.25) is 14.5 Å². The van der Waals surface area contributed by atoms with E-state index in [1.165, 1.54) is 4.90 Å². The van der Waals surface area contributed by atoms with Crippen LogP contribution in [0.1, 0.15) is 53.4 Å². The Morgan fingerprint density at radius 3 is 2.72 bits per heavy atom. The van der Waals surface area contributed by atoms with E-state index in [2.05, 4.69) is 5.32 Å². The molecule has 7 heteroatoms. The average Bonchev–Trinajstić information content (AvgIpc) is 2.75. The third-order valence-corrected chi connectivity index (χ3v) is 5.12. The summed E-state index contributed by atoms with van der Waals surface area (Å²) in [7, 11) is 0. The number of ether oxygens (including phenoxy) is 1. The lowest BCUT2D eigenvalue weighted by atomic mass is 9.73. The zero-order valence-corrected chi connectivity index (χ0v) is 15.8. The highest BCUT2D eigenvalue weighted by Crippen LogP contribution is 2.38. The fraction of sp³-hybridized carbons (Fsp3) is 0.833. The molecule has 1 N–H and O–H groups in total. The Morgan fingerprint density at radius 1 is 1.40 bits per heavy atom. The van der Waals surface area contributed by atoms with Crippen molar-refractivity contribution in [3.8, 4) is 0 Å². The second-order valence-electron chi connectivity index (χ2n) is 7.63. The number of hydrogen-bond acceptors (Lipinski definition) is 5. The van der Waals surface area contributed by atoms with Gasteiger partial charge in [0.25, 0.3) is 5.91 Å². The first-order chi connectivity index (χ1) is 11.8. The van der Waals surface area contributed by atoms with E-state index in [1.807, 2.05) is 25.7 Å². The molecule has 7 nitrogen and oxygen atoms in total. The van der Waals surface area contributed by atoms with Gasteiger partial charge in [0.2, 0.25) is 0 Å². The van der Waals surface area contributed by atoms with Gasteiger partial charge in [0.1, 0.15) is 5.54 Å². The SMILES string of the molecule is CCOC(=O)CN(CC(C)C)CN1C(=O)N[C@@]2(CCCC[C@@H]2C)C1=O. The first-order valence-electron chi connectivity index (χ1n) is 9.32. The predicted molar refractivity (Wildman–Crippen MR) is 93.7 cm³/mol. The fourth-order valence-electron chi connectivity index (χ4n) is 3.90. The largest absolute Gasteiger partial charge is 0.465 e. The maximum atomic E-state index is 13.0. The van der Waals surface area contributed by atoms with E-state index in [0.717, 1.165) is 19.3 Å². The number of rotatable bonds is 7. The van der Waals surface area contributed by atoms with Gasteiger partial charge in [-0.05, 0) is 31.6 Å². The summed E-state index contributed by atoms with van der Waals surface area (Å²) in [6, 6.07) is -0.351. The van der Waals surface area contributed by atoms with Crippen LogP contribution in [0.5, 0.6) is 0 Å². The molecule has 25 heavy (non-hydrogen) atoms. The van der Waals surface area contributed by atoms with Gasteiger partial charge in [0.05, 0.1) is 19.8 Å². The number of carbonyl (C=O) groups is 3. The smallest absolute Gasteiger partial charge is 0.326 e. The van der Waals surface area contributed by atoms with Gasteiger partial charge in [0, 0.05) is 6.54 Å². The summed E-state index contributed by atoms with van der Waals surface area (Å²) < 4.78 is 5.01. The van der Waals surface area contributed by atoms with Crippen molar-refractivity contribution in [1.82, 2.24) is 15.1 Å². The Hall–Kier alpha value is -1.63. The van der Waals surface area contributed by atoms with E-state index < -0.39 is 5.54 Å². The number of amides is 3. The fourth-order valence-corrected chi connectivity index (χ4v) is 3.90. The van der Waals surface area contributed by atoms with Crippen LogP contribution in [0.2, 0.25) is 0 Å². The number of carbonyl (C=O) groups excluding carboxylic acids is 3. The number of imide groups is 1. The minimum atomic E-state index is -0.761. The molecule has 2 fully saturated rings. The van der Waals surface area contributed by atoms with E-state index in [9.17, 15) is 14.4 Å². The number of hydrogen-bond donors (Lipinski definition) is 1. The first-order valence-corrected chi connectivity index (χ1v) is 9.32. The molecule has 2 atom stereocenters. The number of nitrogens with one attached hydrogen (secondary N) is 1. The van der Waals surface area contributed by atoms with Crippen LogP contribution in [0.3, 0.4) is 0 Å². The first kappa shape index (κ1) is 19.7. The zero-order valence-electron chi connectivity index (χ0n) is 15.8. The molecule has 1 aliphatic carbocycles. The van der Waals surface area contributed by atoms with Crippen LogP contribution in [0.4, 0.5) is 4.79 Å². The summed E-state index contributed by atoms with van der Waals surface area (Å²) in [4.78, 5) is 40.5. The summed E-state index contributed by atoms with van der Waals surface area (Å²) in [5.74, 6) is -0.0534. The highest BCUT2D eigenvalue weighted by Gasteiger charge is 2.55. The number of urea groups is 1. The molecule has 1 aliphatic heterocycles. The molecule has 2 rings (SSSR count). The molecule has 0 bridgehead atoms. The number of esters is 1. The van der Waals surface area contributed by atoms with Gasteiger partial charge in [-0.2, -0.15) is 0 Å². The van der Waals surface area contributed by atoms with Crippen molar-refractivity contribution < 1.29 is 19.1 Å².